The summed E-state index contributed by atoms with van der Waals surface area (Å²) in [6, 6.07) is 2.81. The zero-order valence-corrected chi connectivity index (χ0v) is 15.5. The smallest absolute Gasteiger partial charge is 0.276 e. The van der Waals surface area contributed by atoms with E-state index in [1.54, 1.807) is 24.9 Å². The number of hydrogen-bond acceptors (Lipinski definition) is 4. The molecule has 1 unspecified atom stereocenters. The quantitative estimate of drug-likeness (QED) is 0.879. The van der Waals surface area contributed by atoms with Gasteiger partial charge in [0.25, 0.3) is 5.91 Å². The maximum atomic E-state index is 14.0. The minimum Gasteiger partial charge on any atom is -0.333 e. The summed E-state index contributed by atoms with van der Waals surface area (Å²) >= 11 is 0. The Hall–Kier alpha value is -2.06. The Morgan fingerprint density at radius 2 is 2.04 bits per heavy atom. The first-order valence-electron chi connectivity index (χ1n) is 8.32. The van der Waals surface area contributed by atoms with Crippen molar-refractivity contribution in [3.63, 3.8) is 0 Å². The van der Waals surface area contributed by atoms with E-state index in [-0.39, 0.29) is 35.6 Å². The lowest BCUT2D eigenvalue weighted by Crippen LogP contribution is -2.31. The molecule has 0 bridgehead atoms. The number of nitrogens with zero attached hydrogens (tertiary/aromatic N) is 4. The molecule has 9 heteroatoms. The first kappa shape index (κ1) is 20.3. The lowest BCUT2D eigenvalue weighted by Gasteiger charge is -2.25. The number of carbonyl (C=O) groups is 1. The summed E-state index contributed by atoms with van der Waals surface area (Å²) in [5, 5.41) is 11.3. The Balaban J connectivity index is 0.00000243. The van der Waals surface area contributed by atoms with E-state index in [9.17, 15) is 13.6 Å². The summed E-state index contributed by atoms with van der Waals surface area (Å²) < 4.78 is 29.1. The van der Waals surface area contributed by atoms with Crippen LogP contribution in [0.3, 0.4) is 0 Å². The summed E-state index contributed by atoms with van der Waals surface area (Å²) in [7, 11) is 1.54. The number of benzene rings is 1. The van der Waals surface area contributed by atoms with E-state index in [0.29, 0.717) is 0 Å². The van der Waals surface area contributed by atoms with Gasteiger partial charge in [-0.25, -0.2) is 13.5 Å². The van der Waals surface area contributed by atoms with Gasteiger partial charge in [0.2, 0.25) is 0 Å². The van der Waals surface area contributed by atoms with Gasteiger partial charge < -0.3 is 10.2 Å². The van der Waals surface area contributed by atoms with Gasteiger partial charge in [-0.05, 0) is 51.1 Å². The van der Waals surface area contributed by atoms with Crippen molar-refractivity contribution in [3.05, 3.63) is 47.3 Å². The molecule has 3 rings (SSSR count). The fourth-order valence-electron chi connectivity index (χ4n) is 3.02. The van der Waals surface area contributed by atoms with Gasteiger partial charge in [-0.15, -0.1) is 17.5 Å². The molecule has 2 aromatic rings. The van der Waals surface area contributed by atoms with E-state index in [0.717, 1.165) is 44.1 Å². The summed E-state index contributed by atoms with van der Waals surface area (Å²) in [5.74, 6) is -1.47. The van der Waals surface area contributed by atoms with Gasteiger partial charge in [0.1, 0.15) is 11.6 Å². The molecule has 1 aromatic heterocycles. The van der Waals surface area contributed by atoms with Crippen molar-refractivity contribution in [2.45, 2.75) is 31.8 Å². The Kier molecular flexibility index (Phi) is 6.66. The minimum atomic E-state index is -0.632. The third-order valence-corrected chi connectivity index (χ3v) is 4.72. The van der Waals surface area contributed by atoms with E-state index in [1.807, 2.05) is 0 Å². The van der Waals surface area contributed by atoms with E-state index < -0.39 is 17.7 Å². The third kappa shape index (κ3) is 4.19. The van der Waals surface area contributed by atoms with Gasteiger partial charge in [0.05, 0.1) is 18.3 Å². The maximum absolute atomic E-state index is 14.0. The van der Waals surface area contributed by atoms with Crippen molar-refractivity contribution in [2.75, 3.05) is 20.1 Å². The number of aromatic nitrogens is 3. The average Bonchev–Trinajstić information content (AvgIpc) is 3.13. The van der Waals surface area contributed by atoms with Gasteiger partial charge in [-0.2, -0.15) is 0 Å². The highest BCUT2D eigenvalue weighted by Crippen LogP contribution is 2.24. The van der Waals surface area contributed by atoms with Crippen molar-refractivity contribution in [2.24, 2.45) is 0 Å². The molecule has 6 nitrogen and oxygen atoms in total. The number of piperidine rings is 1. The van der Waals surface area contributed by atoms with E-state index in [1.165, 1.54) is 4.90 Å². The molecular formula is C17H22ClF2N5O. The third-order valence-electron chi connectivity index (χ3n) is 4.72. The molecule has 0 radical (unpaired) electrons. The van der Waals surface area contributed by atoms with Gasteiger partial charge in [0, 0.05) is 12.6 Å². The van der Waals surface area contributed by atoms with Gasteiger partial charge in [-0.3, -0.25) is 4.79 Å². The largest absolute Gasteiger partial charge is 0.333 e. The fourth-order valence-corrected chi connectivity index (χ4v) is 3.02. The molecule has 0 spiro atoms. The second-order valence-corrected chi connectivity index (χ2v) is 6.32. The number of hydrogen-bond donors (Lipinski definition) is 1. The molecule has 142 valence electrons. The molecule has 1 amide bonds. The number of amides is 1. The van der Waals surface area contributed by atoms with Crippen molar-refractivity contribution in [3.8, 4) is 0 Å². The maximum Gasteiger partial charge on any atom is 0.276 e. The van der Waals surface area contributed by atoms with Crippen LogP contribution in [0.5, 0.6) is 0 Å². The lowest BCUT2D eigenvalue weighted by atomic mass is 10.1. The van der Waals surface area contributed by atoms with Crippen LogP contribution in [-0.4, -0.2) is 45.9 Å². The SMILES string of the molecule is CC(c1cc(F)ccc1F)N(C)C(=O)c1cn(C2CCNCC2)nn1.Cl. The standard InChI is InChI=1S/C17H21F2N5O.ClH/c1-11(14-9-12(18)3-4-15(14)19)23(2)17(25)16-10-24(22-21-16)13-5-7-20-8-6-13;/h3-4,9-11,13,20H,5-8H2,1-2H3;1H. The number of rotatable bonds is 4. The summed E-state index contributed by atoms with van der Waals surface area (Å²) in [6.45, 7) is 3.46. The van der Waals surface area contributed by atoms with E-state index in [4.69, 9.17) is 0 Å². The van der Waals surface area contributed by atoms with Crippen molar-refractivity contribution >= 4 is 18.3 Å². The number of nitrogens with one attached hydrogen (secondary N) is 1. The molecule has 1 saturated heterocycles. The molecule has 1 fully saturated rings. The number of carbonyl (C=O) groups excluding carboxylic acids is 1. The van der Waals surface area contributed by atoms with Crippen LogP contribution in [0.4, 0.5) is 8.78 Å². The second-order valence-electron chi connectivity index (χ2n) is 6.32. The highest BCUT2D eigenvalue weighted by atomic mass is 35.5. The molecule has 1 aliphatic heterocycles. The minimum absolute atomic E-state index is 0. The molecular weight excluding hydrogens is 364 g/mol. The van der Waals surface area contributed by atoms with Crippen LogP contribution < -0.4 is 5.32 Å². The van der Waals surface area contributed by atoms with Crippen molar-refractivity contribution < 1.29 is 13.6 Å². The van der Waals surface area contributed by atoms with Gasteiger partial charge >= 0.3 is 0 Å². The van der Waals surface area contributed by atoms with Gasteiger partial charge in [-0.1, -0.05) is 5.21 Å². The van der Waals surface area contributed by atoms with Crippen LogP contribution >= 0.6 is 12.4 Å². The van der Waals surface area contributed by atoms with Crippen LogP contribution in [0.2, 0.25) is 0 Å². The van der Waals surface area contributed by atoms with Crippen molar-refractivity contribution in [1.29, 1.82) is 0 Å². The lowest BCUT2D eigenvalue weighted by molar-refractivity contribution is 0.0734. The monoisotopic (exact) mass is 385 g/mol. The van der Waals surface area contributed by atoms with Crippen LogP contribution in [0.1, 0.15) is 47.9 Å². The summed E-state index contributed by atoms with van der Waals surface area (Å²) in [5.41, 5.74) is 0.325. The Bertz CT molecular complexity index is 763. The zero-order valence-electron chi connectivity index (χ0n) is 14.7. The van der Waals surface area contributed by atoms with Crippen LogP contribution in [-0.2, 0) is 0 Å². The van der Waals surface area contributed by atoms with E-state index in [2.05, 4.69) is 15.6 Å². The normalized spacial score (nSPS) is 16.0. The molecule has 26 heavy (non-hydrogen) atoms. The molecule has 0 aliphatic carbocycles. The Morgan fingerprint density at radius 1 is 1.35 bits per heavy atom. The molecule has 2 heterocycles. The molecule has 0 saturated carbocycles. The molecule has 1 aliphatic rings. The summed E-state index contributed by atoms with van der Waals surface area (Å²) in [6.07, 6.45) is 3.49. The van der Waals surface area contributed by atoms with Crippen LogP contribution in [0.15, 0.2) is 24.4 Å². The highest BCUT2D eigenvalue weighted by Gasteiger charge is 2.25. The molecule has 1 N–H and O–H groups in total. The Morgan fingerprint density at radius 3 is 2.73 bits per heavy atom. The second kappa shape index (κ2) is 8.55. The predicted molar refractivity (Wildman–Crippen MR) is 95.3 cm³/mol. The highest BCUT2D eigenvalue weighted by molar-refractivity contribution is 5.92. The first-order chi connectivity index (χ1) is 12.0. The van der Waals surface area contributed by atoms with E-state index >= 15 is 0 Å². The Labute approximate surface area is 157 Å². The predicted octanol–water partition coefficient (Wildman–Crippen LogP) is 2.74. The molecule has 1 atom stereocenters. The van der Waals surface area contributed by atoms with Crippen molar-refractivity contribution in [1.82, 2.24) is 25.2 Å². The average molecular weight is 386 g/mol. The summed E-state index contributed by atoms with van der Waals surface area (Å²) in [4.78, 5) is 14.0. The van der Waals surface area contributed by atoms with Gasteiger partial charge in [0.15, 0.2) is 5.69 Å². The molecule has 1 aromatic carbocycles. The zero-order chi connectivity index (χ0) is 18.0. The first-order valence-corrected chi connectivity index (χ1v) is 8.32. The topological polar surface area (TPSA) is 63.1 Å². The fraction of sp³-hybridized carbons (Fsp3) is 0.471. The van der Waals surface area contributed by atoms with Crippen LogP contribution in [0, 0.1) is 11.6 Å². The van der Waals surface area contributed by atoms with Crippen LogP contribution in [0.25, 0.3) is 0 Å². The number of halogens is 3.